The van der Waals surface area contributed by atoms with E-state index in [-0.39, 0.29) is 0 Å². The van der Waals surface area contributed by atoms with Gasteiger partial charge in [0.25, 0.3) is 0 Å². The Hall–Kier alpha value is -0.960. The highest BCUT2D eigenvalue weighted by Gasteiger charge is 2.28. The lowest BCUT2D eigenvalue weighted by Crippen LogP contribution is -2.28. The van der Waals surface area contributed by atoms with Crippen LogP contribution in [-0.4, -0.2) is 16.5 Å². The van der Waals surface area contributed by atoms with Crippen LogP contribution in [0, 0.1) is 13.8 Å². The molecule has 1 unspecified atom stereocenters. The molecule has 0 spiro atoms. The summed E-state index contributed by atoms with van der Waals surface area (Å²) in [4.78, 5) is 9.44. The first kappa shape index (κ1) is 11.1. The number of aromatic nitrogens is 2. The normalized spacial score (nSPS) is 24.9. The zero-order valence-corrected chi connectivity index (χ0v) is 10.8. The van der Waals surface area contributed by atoms with Gasteiger partial charge in [-0.25, -0.2) is 9.97 Å². The lowest BCUT2D eigenvalue weighted by Gasteiger charge is -2.26. The summed E-state index contributed by atoms with van der Waals surface area (Å²) in [6, 6.07) is 0.483. The monoisotopic (exact) mass is 231 g/mol. The summed E-state index contributed by atoms with van der Waals surface area (Å²) in [5.41, 5.74) is 3.74. The van der Waals surface area contributed by atoms with E-state index in [0.29, 0.717) is 12.0 Å². The Balaban J connectivity index is 1.92. The second-order valence-corrected chi connectivity index (χ2v) is 5.44. The van der Waals surface area contributed by atoms with Crippen molar-refractivity contribution in [1.29, 1.82) is 0 Å². The highest BCUT2D eigenvalue weighted by atomic mass is 15.0. The number of nitrogens with zero attached hydrogens (tertiary/aromatic N) is 2. The van der Waals surface area contributed by atoms with Crippen LogP contribution in [-0.2, 0) is 0 Å². The van der Waals surface area contributed by atoms with Crippen LogP contribution in [0.5, 0.6) is 0 Å². The Kier molecular flexibility index (Phi) is 2.87. The van der Waals surface area contributed by atoms with Crippen LogP contribution < -0.4 is 5.32 Å². The van der Waals surface area contributed by atoms with Crippen molar-refractivity contribution < 1.29 is 0 Å². The summed E-state index contributed by atoms with van der Waals surface area (Å²) in [5, 5.41) is 3.60. The van der Waals surface area contributed by atoms with Gasteiger partial charge in [-0.2, -0.15) is 0 Å². The molecule has 1 aliphatic carbocycles. The molecule has 2 aliphatic rings. The Morgan fingerprint density at radius 1 is 1.00 bits per heavy atom. The van der Waals surface area contributed by atoms with Crippen LogP contribution in [0.25, 0.3) is 0 Å². The molecule has 92 valence electrons. The fourth-order valence-electron chi connectivity index (χ4n) is 2.88. The van der Waals surface area contributed by atoms with Crippen molar-refractivity contribution in [2.24, 2.45) is 0 Å². The van der Waals surface area contributed by atoms with E-state index in [1.165, 1.54) is 49.1 Å². The van der Waals surface area contributed by atoms with Gasteiger partial charge in [-0.05, 0) is 46.1 Å². The topological polar surface area (TPSA) is 37.8 Å². The molecular weight excluding hydrogens is 210 g/mol. The molecule has 1 aromatic rings. The molecule has 0 aromatic carbocycles. The number of nitrogens with one attached hydrogen (secondary N) is 1. The van der Waals surface area contributed by atoms with E-state index in [9.17, 15) is 0 Å². The van der Waals surface area contributed by atoms with Crippen molar-refractivity contribution in [3.8, 4) is 0 Å². The lowest BCUT2D eigenvalue weighted by molar-refractivity contribution is 0.407. The highest BCUT2D eigenvalue weighted by Crippen LogP contribution is 2.39. The molecule has 3 nitrogen and oxygen atoms in total. The number of hydrogen-bond acceptors (Lipinski definition) is 3. The third-order valence-electron chi connectivity index (χ3n) is 3.95. The first-order valence-corrected chi connectivity index (χ1v) is 6.84. The summed E-state index contributed by atoms with van der Waals surface area (Å²) < 4.78 is 0. The summed E-state index contributed by atoms with van der Waals surface area (Å²) in [5.74, 6) is 1.74. The summed E-state index contributed by atoms with van der Waals surface area (Å²) >= 11 is 0. The van der Waals surface area contributed by atoms with Gasteiger partial charge < -0.3 is 5.32 Å². The summed E-state index contributed by atoms with van der Waals surface area (Å²) in [7, 11) is 0. The van der Waals surface area contributed by atoms with Crippen LogP contribution in [0.1, 0.15) is 66.8 Å². The third-order valence-corrected chi connectivity index (χ3v) is 3.95. The van der Waals surface area contributed by atoms with Gasteiger partial charge in [0, 0.05) is 28.9 Å². The quantitative estimate of drug-likeness (QED) is 0.850. The van der Waals surface area contributed by atoms with E-state index in [1.807, 2.05) is 0 Å². The second-order valence-electron chi connectivity index (χ2n) is 5.44. The van der Waals surface area contributed by atoms with Crippen molar-refractivity contribution >= 4 is 0 Å². The van der Waals surface area contributed by atoms with Gasteiger partial charge in [0.15, 0.2) is 0 Å². The lowest BCUT2D eigenvalue weighted by atomic mass is 9.95. The minimum atomic E-state index is 0.483. The first-order chi connectivity index (χ1) is 8.25. The zero-order chi connectivity index (χ0) is 11.8. The largest absolute Gasteiger partial charge is 0.310 e. The Morgan fingerprint density at radius 2 is 1.71 bits per heavy atom. The molecule has 1 aromatic heterocycles. The predicted octanol–water partition coefficient (Wildman–Crippen LogP) is 2.79. The minimum absolute atomic E-state index is 0.483. The Morgan fingerprint density at radius 3 is 2.24 bits per heavy atom. The number of rotatable bonds is 2. The molecule has 0 amide bonds. The SMILES string of the molecule is Cc1nc(C2CC2)nc(C)c1C1CCCCN1. The van der Waals surface area contributed by atoms with E-state index in [4.69, 9.17) is 9.97 Å². The number of hydrogen-bond donors (Lipinski definition) is 1. The van der Waals surface area contributed by atoms with Crippen LogP contribution in [0.3, 0.4) is 0 Å². The molecule has 3 heteroatoms. The zero-order valence-electron chi connectivity index (χ0n) is 10.8. The maximum Gasteiger partial charge on any atom is 0.131 e. The van der Waals surface area contributed by atoms with Crippen LogP contribution >= 0.6 is 0 Å². The van der Waals surface area contributed by atoms with Gasteiger partial charge in [0.1, 0.15) is 5.82 Å². The molecule has 3 rings (SSSR count). The molecule has 1 N–H and O–H groups in total. The molecule has 1 saturated heterocycles. The molecule has 17 heavy (non-hydrogen) atoms. The minimum Gasteiger partial charge on any atom is -0.310 e. The van der Waals surface area contributed by atoms with Gasteiger partial charge in [0.05, 0.1) is 0 Å². The number of aryl methyl sites for hydroxylation is 2. The molecule has 2 fully saturated rings. The molecule has 0 radical (unpaired) electrons. The van der Waals surface area contributed by atoms with E-state index in [1.54, 1.807) is 0 Å². The summed E-state index contributed by atoms with van der Waals surface area (Å²) in [6.45, 7) is 5.42. The maximum absolute atomic E-state index is 4.72. The average molecular weight is 231 g/mol. The highest BCUT2D eigenvalue weighted by molar-refractivity contribution is 5.29. The first-order valence-electron chi connectivity index (χ1n) is 6.84. The Labute approximate surface area is 103 Å². The average Bonchev–Trinajstić information content (AvgIpc) is 3.13. The molecule has 2 heterocycles. The standard InChI is InChI=1S/C14H21N3/c1-9-13(12-5-3-4-8-15-12)10(2)17-14(16-9)11-6-7-11/h11-12,15H,3-8H2,1-2H3. The fraction of sp³-hybridized carbons (Fsp3) is 0.714. The van der Waals surface area contributed by atoms with Crippen molar-refractivity contribution in [2.75, 3.05) is 6.54 Å². The van der Waals surface area contributed by atoms with E-state index in [2.05, 4.69) is 19.2 Å². The van der Waals surface area contributed by atoms with E-state index < -0.39 is 0 Å². The summed E-state index contributed by atoms with van der Waals surface area (Å²) in [6.07, 6.45) is 6.41. The van der Waals surface area contributed by atoms with Gasteiger partial charge in [-0.15, -0.1) is 0 Å². The van der Waals surface area contributed by atoms with Crippen molar-refractivity contribution in [1.82, 2.24) is 15.3 Å². The second kappa shape index (κ2) is 4.37. The van der Waals surface area contributed by atoms with Crippen molar-refractivity contribution in [2.45, 2.75) is 57.9 Å². The van der Waals surface area contributed by atoms with E-state index in [0.717, 1.165) is 12.4 Å². The molecule has 1 saturated carbocycles. The third kappa shape index (κ3) is 2.21. The van der Waals surface area contributed by atoms with Crippen LogP contribution in [0.15, 0.2) is 0 Å². The predicted molar refractivity (Wildman–Crippen MR) is 68.1 cm³/mol. The maximum atomic E-state index is 4.72. The molecule has 0 bridgehead atoms. The molecular formula is C14H21N3. The molecule has 1 aliphatic heterocycles. The van der Waals surface area contributed by atoms with Crippen LogP contribution in [0.4, 0.5) is 0 Å². The Bertz CT molecular complexity index is 394. The van der Waals surface area contributed by atoms with Crippen LogP contribution in [0.2, 0.25) is 0 Å². The van der Waals surface area contributed by atoms with Crippen molar-refractivity contribution in [3.05, 3.63) is 22.8 Å². The van der Waals surface area contributed by atoms with E-state index >= 15 is 0 Å². The van der Waals surface area contributed by atoms with Gasteiger partial charge in [0.2, 0.25) is 0 Å². The van der Waals surface area contributed by atoms with Gasteiger partial charge in [-0.3, -0.25) is 0 Å². The van der Waals surface area contributed by atoms with Crippen molar-refractivity contribution in [3.63, 3.8) is 0 Å². The fourth-order valence-corrected chi connectivity index (χ4v) is 2.88. The van der Waals surface area contributed by atoms with Gasteiger partial charge in [-0.1, -0.05) is 6.42 Å². The van der Waals surface area contributed by atoms with Gasteiger partial charge >= 0.3 is 0 Å². The number of piperidine rings is 1. The molecule has 1 atom stereocenters. The smallest absolute Gasteiger partial charge is 0.131 e.